The fraction of sp³-hybridized carbons (Fsp3) is 0.588. The lowest BCUT2D eigenvalue weighted by Crippen LogP contribution is -2.30. The van der Waals surface area contributed by atoms with Crippen LogP contribution in [0.5, 0.6) is 5.75 Å². The maximum Gasteiger partial charge on any atom is 0.573 e. The first kappa shape index (κ1) is 24.4. The molecule has 7 nitrogen and oxygen atoms in total. The second kappa shape index (κ2) is 11.4. The van der Waals surface area contributed by atoms with E-state index in [2.05, 4.69) is 4.74 Å². The van der Waals surface area contributed by atoms with Crippen molar-refractivity contribution in [3.8, 4) is 5.75 Å². The largest absolute Gasteiger partial charge is 0.573 e. The van der Waals surface area contributed by atoms with E-state index >= 15 is 0 Å². The minimum Gasteiger partial charge on any atom is -0.406 e. The fourth-order valence-electron chi connectivity index (χ4n) is 2.27. The van der Waals surface area contributed by atoms with Crippen LogP contribution in [0.4, 0.5) is 13.2 Å². The fourth-order valence-corrected chi connectivity index (χ4v) is 3.91. The second-order valence-corrected chi connectivity index (χ2v) is 7.80. The van der Waals surface area contributed by atoms with E-state index in [9.17, 15) is 22.5 Å². The van der Waals surface area contributed by atoms with Crippen LogP contribution in [0, 0.1) is 0 Å². The van der Waals surface area contributed by atoms with Gasteiger partial charge in [-0.1, -0.05) is 12.1 Å². The number of carbonyl (C=O) groups is 1. The van der Waals surface area contributed by atoms with Gasteiger partial charge < -0.3 is 13.8 Å². The van der Waals surface area contributed by atoms with Crippen LogP contribution in [-0.4, -0.2) is 43.3 Å². The van der Waals surface area contributed by atoms with Crippen LogP contribution in [0.2, 0.25) is 0 Å². The van der Waals surface area contributed by atoms with Crippen LogP contribution >= 0.6 is 7.60 Å². The molecule has 0 heterocycles. The molecule has 0 N–H and O–H groups in total. The Labute approximate surface area is 162 Å². The van der Waals surface area contributed by atoms with E-state index in [0.717, 1.165) is 5.06 Å². The Morgan fingerprint density at radius 3 is 2.36 bits per heavy atom. The van der Waals surface area contributed by atoms with Gasteiger partial charge in [0.15, 0.2) is 0 Å². The van der Waals surface area contributed by atoms with Crippen LogP contribution in [0.15, 0.2) is 24.3 Å². The standard InChI is InChI=1S/C17H25F3NO6P/c1-4-25-28(23,26-5-2)11-7-10-21(14(3)22)24-13-15-8-6-9-16(12-15)27-17(18,19)20/h6,8-9,12H,4-5,7,10-11,13H2,1-3H3. The number of alkyl halides is 3. The average Bonchev–Trinajstić information content (AvgIpc) is 2.57. The summed E-state index contributed by atoms with van der Waals surface area (Å²) in [6, 6.07) is 5.27. The number of hydroxylamine groups is 2. The van der Waals surface area contributed by atoms with E-state index in [1.807, 2.05) is 0 Å². The van der Waals surface area contributed by atoms with Gasteiger partial charge in [0.2, 0.25) is 5.91 Å². The summed E-state index contributed by atoms with van der Waals surface area (Å²) < 4.78 is 63.5. The first-order valence-electron chi connectivity index (χ1n) is 8.72. The summed E-state index contributed by atoms with van der Waals surface area (Å²) in [5, 5.41) is 1.06. The Balaban J connectivity index is 2.61. The highest BCUT2D eigenvalue weighted by molar-refractivity contribution is 7.53. The molecule has 1 aromatic rings. The van der Waals surface area contributed by atoms with E-state index in [4.69, 9.17) is 13.9 Å². The molecule has 11 heteroatoms. The number of carbonyl (C=O) groups excluding carboxylic acids is 1. The monoisotopic (exact) mass is 427 g/mol. The minimum absolute atomic E-state index is 0.108. The lowest BCUT2D eigenvalue weighted by atomic mass is 10.2. The number of hydrogen-bond acceptors (Lipinski definition) is 6. The third-order valence-electron chi connectivity index (χ3n) is 3.32. The first-order chi connectivity index (χ1) is 13.1. The molecule has 160 valence electrons. The van der Waals surface area contributed by atoms with Gasteiger partial charge in [0.25, 0.3) is 0 Å². The predicted octanol–water partition coefficient (Wildman–Crippen LogP) is 4.52. The van der Waals surface area contributed by atoms with E-state index < -0.39 is 19.9 Å². The zero-order valence-corrected chi connectivity index (χ0v) is 16.9. The van der Waals surface area contributed by atoms with Crippen LogP contribution in [0.1, 0.15) is 32.8 Å². The highest BCUT2D eigenvalue weighted by Gasteiger charge is 2.31. The van der Waals surface area contributed by atoms with Gasteiger partial charge in [-0.05, 0) is 38.0 Å². The van der Waals surface area contributed by atoms with Gasteiger partial charge in [-0.2, -0.15) is 0 Å². The van der Waals surface area contributed by atoms with Gasteiger partial charge >= 0.3 is 14.0 Å². The van der Waals surface area contributed by atoms with Gasteiger partial charge in [-0.3, -0.25) is 14.2 Å². The molecule has 0 aliphatic carbocycles. The molecule has 0 saturated heterocycles. The number of halogens is 3. The first-order valence-corrected chi connectivity index (χ1v) is 10.4. The van der Waals surface area contributed by atoms with E-state index in [-0.39, 0.29) is 38.3 Å². The SMILES string of the molecule is CCOP(=O)(CCCN(OCc1cccc(OC(F)(F)F)c1)C(C)=O)OCC. The number of benzene rings is 1. The van der Waals surface area contributed by atoms with Crippen molar-refractivity contribution < 1.29 is 41.2 Å². The lowest BCUT2D eigenvalue weighted by Gasteiger charge is -2.22. The Morgan fingerprint density at radius 2 is 1.82 bits per heavy atom. The smallest absolute Gasteiger partial charge is 0.406 e. The normalized spacial score (nSPS) is 12.1. The van der Waals surface area contributed by atoms with Gasteiger partial charge in [-0.15, -0.1) is 13.2 Å². The van der Waals surface area contributed by atoms with E-state index in [1.165, 1.54) is 25.1 Å². The molecular weight excluding hydrogens is 402 g/mol. The quantitative estimate of drug-likeness (QED) is 0.361. The van der Waals surface area contributed by atoms with Crippen molar-refractivity contribution in [1.29, 1.82) is 0 Å². The third-order valence-corrected chi connectivity index (χ3v) is 5.48. The topological polar surface area (TPSA) is 74.3 Å². The third kappa shape index (κ3) is 9.54. The highest BCUT2D eigenvalue weighted by Crippen LogP contribution is 2.48. The Morgan fingerprint density at radius 1 is 1.18 bits per heavy atom. The van der Waals surface area contributed by atoms with Crippen molar-refractivity contribution in [1.82, 2.24) is 5.06 Å². The molecular formula is C17H25F3NO6P. The maximum atomic E-state index is 12.4. The lowest BCUT2D eigenvalue weighted by molar-refractivity contribution is -0.274. The number of amides is 1. The summed E-state index contributed by atoms with van der Waals surface area (Å²) in [7, 11) is -3.23. The van der Waals surface area contributed by atoms with Crippen LogP contribution in [0.25, 0.3) is 0 Å². The molecule has 0 saturated carbocycles. The molecule has 0 spiro atoms. The van der Waals surface area contributed by atoms with Crippen molar-refractivity contribution in [2.75, 3.05) is 25.9 Å². The summed E-state index contributed by atoms with van der Waals surface area (Å²) in [6.07, 6.45) is -4.38. The summed E-state index contributed by atoms with van der Waals surface area (Å²) in [5.41, 5.74) is 0.391. The maximum absolute atomic E-state index is 12.4. The molecule has 1 rings (SSSR count). The van der Waals surface area contributed by atoms with Crippen molar-refractivity contribution in [3.05, 3.63) is 29.8 Å². The van der Waals surface area contributed by atoms with Crippen LogP contribution in [0.3, 0.4) is 0 Å². The molecule has 0 aromatic heterocycles. The van der Waals surface area contributed by atoms with Crippen molar-refractivity contribution in [2.24, 2.45) is 0 Å². The Hall–Kier alpha value is -1.61. The summed E-state index contributed by atoms with van der Waals surface area (Å²) in [4.78, 5) is 17.1. The predicted molar refractivity (Wildman–Crippen MR) is 95.6 cm³/mol. The van der Waals surface area contributed by atoms with Crippen LogP contribution < -0.4 is 4.74 Å². The molecule has 0 atom stereocenters. The number of rotatable bonds is 12. The van der Waals surface area contributed by atoms with Gasteiger partial charge in [0.05, 0.1) is 19.4 Å². The molecule has 0 fully saturated rings. The summed E-state index contributed by atoms with van der Waals surface area (Å²) in [6.45, 7) is 5.15. The van der Waals surface area contributed by atoms with Crippen molar-refractivity contribution in [2.45, 2.75) is 40.2 Å². The molecule has 0 aliphatic heterocycles. The average molecular weight is 427 g/mol. The molecule has 0 bridgehead atoms. The van der Waals surface area contributed by atoms with Crippen molar-refractivity contribution >= 4 is 13.5 Å². The van der Waals surface area contributed by atoms with E-state index in [1.54, 1.807) is 19.9 Å². The van der Waals surface area contributed by atoms with Gasteiger partial charge in [-0.25, -0.2) is 5.06 Å². The second-order valence-electron chi connectivity index (χ2n) is 5.61. The molecule has 1 amide bonds. The molecule has 28 heavy (non-hydrogen) atoms. The van der Waals surface area contributed by atoms with E-state index in [0.29, 0.717) is 12.0 Å². The zero-order valence-electron chi connectivity index (χ0n) is 16.0. The van der Waals surface area contributed by atoms with Crippen LogP contribution in [-0.2, 0) is 29.9 Å². The Kier molecular flexibility index (Phi) is 9.95. The number of nitrogens with zero attached hydrogens (tertiary/aromatic N) is 1. The molecule has 0 unspecified atom stereocenters. The van der Waals surface area contributed by atoms with Gasteiger partial charge in [0, 0.05) is 13.5 Å². The Bertz CT molecular complexity index is 661. The summed E-state index contributed by atoms with van der Waals surface area (Å²) in [5.74, 6) is -0.775. The zero-order chi connectivity index (χ0) is 21.2. The number of ether oxygens (including phenoxy) is 1. The summed E-state index contributed by atoms with van der Waals surface area (Å²) >= 11 is 0. The number of hydrogen-bond donors (Lipinski definition) is 0. The van der Waals surface area contributed by atoms with Crippen molar-refractivity contribution in [3.63, 3.8) is 0 Å². The van der Waals surface area contributed by atoms with Gasteiger partial charge in [0.1, 0.15) is 12.4 Å². The molecule has 1 aromatic carbocycles. The molecule has 0 radical (unpaired) electrons. The highest BCUT2D eigenvalue weighted by atomic mass is 31.2. The minimum atomic E-state index is -4.79. The molecule has 0 aliphatic rings.